The third-order valence-corrected chi connectivity index (χ3v) is 7.57. The van der Waals surface area contributed by atoms with Gasteiger partial charge in [0.15, 0.2) is 6.23 Å². The van der Waals surface area contributed by atoms with Crippen molar-refractivity contribution in [1.82, 2.24) is 14.6 Å². The molecule has 1 aliphatic rings. The van der Waals surface area contributed by atoms with Crippen molar-refractivity contribution in [2.24, 2.45) is 0 Å². The van der Waals surface area contributed by atoms with E-state index in [0.717, 1.165) is 10.8 Å². The van der Waals surface area contributed by atoms with Crippen LogP contribution in [0, 0.1) is 0 Å². The third-order valence-electron chi connectivity index (χ3n) is 5.37. The molecule has 2 heterocycles. The molecule has 0 aliphatic carbocycles. The van der Waals surface area contributed by atoms with Crippen molar-refractivity contribution >= 4 is 29.6 Å². The molecule has 0 amide bonds. The zero-order chi connectivity index (χ0) is 27.5. The van der Waals surface area contributed by atoms with E-state index in [9.17, 15) is 29.2 Å². The van der Waals surface area contributed by atoms with Crippen molar-refractivity contribution in [3.05, 3.63) is 61.8 Å². The quantitative estimate of drug-likeness (QED) is 0.227. The molecule has 15 heteroatoms. The molecule has 37 heavy (non-hydrogen) atoms. The van der Waals surface area contributed by atoms with Crippen LogP contribution in [0.1, 0.15) is 33.9 Å². The van der Waals surface area contributed by atoms with Crippen LogP contribution in [-0.4, -0.2) is 62.3 Å². The van der Waals surface area contributed by atoms with Crippen LogP contribution in [0.2, 0.25) is 0 Å². The topological polar surface area (TPSA) is 178 Å². The van der Waals surface area contributed by atoms with Crippen LogP contribution < -0.4 is 20.9 Å². The minimum Gasteiger partial charge on any atom is -0.462 e. The maximum atomic E-state index is 13.6. The van der Waals surface area contributed by atoms with Crippen molar-refractivity contribution in [2.75, 3.05) is 6.61 Å². The normalized spacial score (nSPS) is 26.0. The molecule has 6 atom stereocenters. The van der Waals surface area contributed by atoms with Crippen molar-refractivity contribution in [1.29, 1.82) is 0 Å². The van der Waals surface area contributed by atoms with Gasteiger partial charge < -0.3 is 24.2 Å². The number of ether oxygens (including phenoxy) is 2. The third kappa shape index (κ3) is 6.96. The Bertz CT molecular complexity index is 1270. The number of benzene rings is 1. The predicted octanol–water partition coefficient (Wildman–Crippen LogP) is 1.44. The molecular formula is C22H29BrN3O10P. The summed E-state index contributed by atoms with van der Waals surface area (Å²) in [4.78, 5) is 38.4. The highest BCUT2D eigenvalue weighted by molar-refractivity contribution is 9.10. The molecule has 1 saturated heterocycles. The number of nitrogens with zero attached hydrogens (tertiary/aromatic N) is 1. The van der Waals surface area contributed by atoms with E-state index < -0.39 is 67.8 Å². The highest BCUT2D eigenvalue weighted by Gasteiger charge is 2.54. The van der Waals surface area contributed by atoms with Gasteiger partial charge in [0, 0.05) is 6.20 Å². The number of aromatic amines is 1. The standard InChI is InChI=1S/C22H29BrN3O10P/c1-12(2)34-19(29)13(3)25-37(32,36-14-8-6-5-7-9-14)33-11-16-17(27)22(4,31)20(35-16)26-10-15(23)18(28)24-21(26)30/h5-10,12-13,16-17,20,27,31H,11H2,1-4H3,(H,25,32)(H,24,28,30)/t13-,16-,17-,20-,22-,37?/m1/s1. The van der Waals surface area contributed by atoms with Gasteiger partial charge in [0.2, 0.25) is 0 Å². The number of esters is 1. The smallest absolute Gasteiger partial charge is 0.459 e. The Kier molecular flexibility index (Phi) is 9.17. The Morgan fingerprint density at radius 1 is 1.30 bits per heavy atom. The molecule has 0 bridgehead atoms. The van der Waals surface area contributed by atoms with Gasteiger partial charge in [-0.05, 0) is 55.8 Å². The minimum atomic E-state index is -4.28. The Hall–Kier alpha value is -2.32. The largest absolute Gasteiger partial charge is 0.462 e. The van der Waals surface area contributed by atoms with Crippen LogP contribution in [0.3, 0.4) is 0 Å². The summed E-state index contributed by atoms with van der Waals surface area (Å²) in [7, 11) is -4.28. The van der Waals surface area contributed by atoms with Crippen LogP contribution in [0.25, 0.3) is 0 Å². The average Bonchev–Trinajstić information content (AvgIpc) is 3.03. The van der Waals surface area contributed by atoms with E-state index in [1.807, 2.05) is 0 Å². The van der Waals surface area contributed by atoms with Gasteiger partial charge in [-0.25, -0.2) is 9.36 Å². The number of H-pyrrole nitrogens is 1. The van der Waals surface area contributed by atoms with Gasteiger partial charge in [-0.2, -0.15) is 5.09 Å². The molecule has 0 radical (unpaired) electrons. The predicted molar refractivity (Wildman–Crippen MR) is 134 cm³/mol. The van der Waals surface area contributed by atoms with Gasteiger partial charge in [0.1, 0.15) is 29.6 Å². The van der Waals surface area contributed by atoms with E-state index in [0.29, 0.717) is 0 Å². The number of carbonyl (C=O) groups excluding carboxylic acids is 1. The van der Waals surface area contributed by atoms with Crippen LogP contribution in [0.5, 0.6) is 5.75 Å². The molecule has 204 valence electrons. The van der Waals surface area contributed by atoms with Crippen molar-refractivity contribution in [3.63, 3.8) is 0 Å². The van der Waals surface area contributed by atoms with Gasteiger partial charge in [-0.3, -0.25) is 23.7 Å². The molecule has 0 spiro atoms. The molecule has 1 aromatic carbocycles. The highest BCUT2D eigenvalue weighted by Crippen LogP contribution is 2.46. The number of rotatable bonds is 10. The summed E-state index contributed by atoms with van der Waals surface area (Å²) in [5.74, 6) is -0.524. The summed E-state index contributed by atoms with van der Waals surface area (Å²) < 4.78 is 36.4. The first-order valence-corrected chi connectivity index (χ1v) is 13.6. The molecule has 4 N–H and O–H groups in total. The molecule has 1 unspecified atom stereocenters. The summed E-state index contributed by atoms with van der Waals surface area (Å²) in [6, 6.07) is 6.95. The zero-order valence-electron chi connectivity index (χ0n) is 20.5. The van der Waals surface area contributed by atoms with Gasteiger partial charge in [-0.15, -0.1) is 0 Å². The number of nitrogens with one attached hydrogen (secondary N) is 2. The van der Waals surface area contributed by atoms with Crippen LogP contribution >= 0.6 is 23.7 Å². The van der Waals surface area contributed by atoms with Crippen LogP contribution in [-0.2, 0) is 23.4 Å². The molecule has 2 aromatic rings. The number of halogens is 1. The Labute approximate surface area is 220 Å². The second-order valence-electron chi connectivity index (χ2n) is 8.88. The fourth-order valence-electron chi connectivity index (χ4n) is 3.52. The van der Waals surface area contributed by atoms with E-state index in [2.05, 4.69) is 26.0 Å². The summed E-state index contributed by atoms with van der Waals surface area (Å²) in [5, 5.41) is 24.2. The van der Waals surface area contributed by atoms with Crippen LogP contribution in [0.15, 0.2) is 50.6 Å². The highest BCUT2D eigenvalue weighted by atomic mass is 79.9. The molecule has 3 rings (SSSR count). The lowest BCUT2D eigenvalue weighted by atomic mass is 9.96. The molecule has 1 aromatic heterocycles. The van der Waals surface area contributed by atoms with Crippen LogP contribution in [0.4, 0.5) is 0 Å². The number of carbonyl (C=O) groups is 1. The number of para-hydroxylation sites is 1. The van der Waals surface area contributed by atoms with Crippen molar-refractivity contribution in [2.45, 2.75) is 63.9 Å². The lowest BCUT2D eigenvalue weighted by Gasteiger charge is -2.27. The molecule has 1 aliphatic heterocycles. The first-order chi connectivity index (χ1) is 17.2. The number of aromatic nitrogens is 2. The van der Waals surface area contributed by atoms with E-state index in [1.54, 1.807) is 32.0 Å². The first kappa shape index (κ1) is 29.2. The Morgan fingerprint density at radius 2 is 1.95 bits per heavy atom. The lowest BCUT2D eigenvalue weighted by molar-refractivity contribution is -0.149. The summed E-state index contributed by atoms with van der Waals surface area (Å²) >= 11 is 3.01. The number of hydrogen-bond donors (Lipinski definition) is 4. The van der Waals surface area contributed by atoms with Gasteiger partial charge in [0.25, 0.3) is 5.56 Å². The SMILES string of the molecule is CC(C)OC(=O)[C@@H](C)NP(=O)(OC[C@H]1O[C@@H](n2cc(Br)c(=O)[nH]c2=O)[C@](C)(O)[C@@H]1O)Oc1ccccc1. The van der Waals surface area contributed by atoms with E-state index in [-0.39, 0.29) is 10.2 Å². The fraction of sp³-hybridized carbons (Fsp3) is 0.500. The van der Waals surface area contributed by atoms with Crippen molar-refractivity contribution < 1.29 is 38.1 Å². The second-order valence-corrected chi connectivity index (χ2v) is 11.4. The number of aliphatic hydroxyl groups is 2. The molecular weight excluding hydrogens is 577 g/mol. The monoisotopic (exact) mass is 605 g/mol. The van der Waals surface area contributed by atoms with E-state index in [1.165, 1.54) is 26.0 Å². The fourth-order valence-corrected chi connectivity index (χ4v) is 5.34. The van der Waals surface area contributed by atoms with Gasteiger partial charge in [-0.1, -0.05) is 18.2 Å². The number of hydrogen-bond acceptors (Lipinski definition) is 10. The van der Waals surface area contributed by atoms with Gasteiger partial charge >= 0.3 is 19.4 Å². The minimum absolute atomic E-state index is 0.00655. The van der Waals surface area contributed by atoms with E-state index in [4.69, 9.17) is 18.5 Å². The first-order valence-electron chi connectivity index (χ1n) is 11.3. The molecule has 0 saturated carbocycles. The average molecular weight is 606 g/mol. The summed E-state index contributed by atoms with van der Waals surface area (Å²) in [6.45, 7) is 5.40. The lowest BCUT2D eigenvalue weighted by Crippen LogP contribution is -2.47. The summed E-state index contributed by atoms with van der Waals surface area (Å²) in [5.41, 5.74) is -3.58. The number of aliphatic hydroxyl groups excluding tert-OH is 1. The maximum Gasteiger partial charge on any atom is 0.459 e. The van der Waals surface area contributed by atoms with Gasteiger partial charge in [0.05, 0.1) is 17.2 Å². The Morgan fingerprint density at radius 3 is 2.57 bits per heavy atom. The van der Waals surface area contributed by atoms with Crippen molar-refractivity contribution in [3.8, 4) is 5.75 Å². The maximum absolute atomic E-state index is 13.6. The molecule has 13 nitrogen and oxygen atoms in total. The second kappa shape index (κ2) is 11.6. The molecule has 1 fully saturated rings. The Balaban J connectivity index is 1.82. The zero-order valence-corrected chi connectivity index (χ0v) is 23.0. The van der Waals surface area contributed by atoms with E-state index >= 15 is 0 Å². The summed E-state index contributed by atoms with van der Waals surface area (Å²) in [6.07, 6.45) is -3.62.